The van der Waals surface area contributed by atoms with Gasteiger partial charge in [-0.05, 0) is 45.1 Å². The number of hydrogen-bond donors (Lipinski definition) is 1. The number of halogens is 1. The standard InChI is InChI=1S/C13H21BrN2O/c1-10(15)12-6-5-11(9-13(12)14)17-8-4-7-16(2)3/h5-6,9-10H,4,7-8,15H2,1-3H3/t10-/m0/s1. The molecule has 1 atom stereocenters. The first-order valence-electron chi connectivity index (χ1n) is 5.83. The summed E-state index contributed by atoms with van der Waals surface area (Å²) in [6.07, 6.45) is 1.03. The van der Waals surface area contributed by atoms with Crippen LogP contribution in [0, 0.1) is 0 Å². The van der Waals surface area contributed by atoms with E-state index in [1.165, 1.54) is 0 Å². The molecule has 0 aliphatic heterocycles. The normalized spacial score (nSPS) is 12.8. The first kappa shape index (κ1) is 14.5. The average molecular weight is 301 g/mol. The Morgan fingerprint density at radius 3 is 2.65 bits per heavy atom. The molecule has 0 fully saturated rings. The van der Waals surface area contributed by atoms with Crippen LogP contribution in [0.1, 0.15) is 24.9 Å². The van der Waals surface area contributed by atoms with E-state index < -0.39 is 0 Å². The Morgan fingerprint density at radius 2 is 2.12 bits per heavy atom. The third-order valence-corrected chi connectivity index (χ3v) is 3.17. The molecule has 0 amide bonds. The van der Waals surface area contributed by atoms with E-state index >= 15 is 0 Å². The first-order chi connectivity index (χ1) is 8.00. The van der Waals surface area contributed by atoms with E-state index in [0.717, 1.165) is 35.4 Å². The predicted octanol–water partition coefficient (Wildman–Crippen LogP) is 2.80. The van der Waals surface area contributed by atoms with Crippen molar-refractivity contribution in [3.05, 3.63) is 28.2 Å². The molecule has 0 unspecified atom stereocenters. The van der Waals surface area contributed by atoms with Crippen LogP contribution in [0.4, 0.5) is 0 Å². The molecule has 1 rings (SSSR count). The van der Waals surface area contributed by atoms with Crippen LogP contribution >= 0.6 is 15.9 Å². The van der Waals surface area contributed by atoms with E-state index in [4.69, 9.17) is 10.5 Å². The molecule has 2 N–H and O–H groups in total. The SMILES string of the molecule is C[C@H](N)c1ccc(OCCCN(C)C)cc1Br. The second-order valence-electron chi connectivity index (χ2n) is 4.48. The van der Waals surface area contributed by atoms with Crippen molar-refractivity contribution in [1.29, 1.82) is 0 Å². The fourth-order valence-corrected chi connectivity index (χ4v) is 2.26. The molecule has 1 aromatic rings. The van der Waals surface area contributed by atoms with Crippen molar-refractivity contribution in [2.24, 2.45) is 5.73 Å². The van der Waals surface area contributed by atoms with Crippen molar-refractivity contribution in [2.75, 3.05) is 27.2 Å². The van der Waals surface area contributed by atoms with Crippen LogP contribution in [0.3, 0.4) is 0 Å². The summed E-state index contributed by atoms with van der Waals surface area (Å²) in [5.74, 6) is 0.889. The van der Waals surface area contributed by atoms with Crippen LogP contribution in [0.2, 0.25) is 0 Å². The zero-order valence-electron chi connectivity index (χ0n) is 10.7. The summed E-state index contributed by atoms with van der Waals surface area (Å²) < 4.78 is 6.69. The Morgan fingerprint density at radius 1 is 1.41 bits per heavy atom. The van der Waals surface area contributed by atoms with Gasteiger partial charge in [0, 0.05) is 17.1 Å². The van der Waals surface area contributed by atoms with E-state index in [0.29, 0.717) is 0 Å². The highest BCUT2D eigenvalue weighted by molar-refractivity contribution is 9.10. The number of hydrogen-bond acceptors (Lipinski definition) is 3. The van der Waals surface area contributed by atoms with Crippen molar-refractivity contribution in [3.63, 3.8) is 0 Å². The zero-order valence-corrected chi connectivity index (χ0v) is 12.3. The number of rotatable bonds is 6. The minimum absolute atomic E-state index is 0.0344. The largest absolute Gasteiger partial charge is 0.494 e. The highest BCUT2D eigenvalue weighted by Crippen LogP contribution is 2.26. The van der Waals surface area contributed by atoms with Crippen LogP contribution in [0.25, 0.3) is 0 Å². The van der Waals surface area contributed by atoms with E-state index in [1.807, 2.05) is 25.1 Å². The van der Waals surface area contributed by atoms with Gasteiger partial charge in [0.2, 0.25) is 0 Å². The summed E-state index contributed by atoms with van der Waals surface area (Å²) in [7, 11) is 4.13. The smallest absolute Gasteiger partial charge is 0.120 e. The molecule has 0 spiro atoms. The third-order valence-electron chi connectivity index (χ3n) is 2.48. The van der Waals surface area contributed by atoms with Crippen LogP contribution in [0.15, 0.2) is 22.7 Å². The molecule has 0 aliphatic rings. The zero-order chi connectivity index (χ0) is 12.8. The number of ether oxygens (including phenoxy) is 1. The molecule has 0 aromatic heterocycles. The fourth-order valence-electron chi connectivity index (χ4n) is 1.54. The Labute approximate surface area is 112 Å². The van der Waals surface area contributed by atoms with Gasteiger partial charge in [0.1, 0.15) is 5.75 Å². The molecule has 3 nitrogen and oxygen atoms in total. The molecule has 0 heterocycles. The van der Waals surface area contributed by atoms with Gasteiger partial charge in [-0.2, -0.15) is 0 Å². The van der Waals surface area contributed by atoms with Gasteiger partial charge in [-0.3, -0.25) is 0 Å². The van der Waals surface area contributed by atoms with E-state index in [1.54, 1.807) is 0 Å². The van der Waals surface area contributed by atoms with Gasteiger partial charge in [-0.15, -0.1) is 0 Å². The fraction of sp³-hybridized carbons (Fsp3) is 0.538. The van der Waals surface area contributed by atoms with Crippen LogP contribution < -0.4 is 10.5 Å². The molecule has 0 saturated heterocycles. The molecule has 96 valence electrons. The van der Waals surface area contributed by atoms with Crippen molar-refractivity contribution in [1.82, 2.24) is 4.90 Å². The number of nitrogens with zero attached hydrogens (tertiary/aromatic N) is 1. The van der Waals surface area contributed by atoms with Crippen molar-refractivity contribution in [2.45, 2.75) is 19.4 Å². The van der Waals surface area contributed by atoms with Gasteiger partial charge in [-0.25, -0.2) is 0 Å². The van der Waals surface area contributed by atoms with Gasteiger partial charge in [-0.1, -0.05) is 22.0 Å². The Kier molecular flexibility index (Phi) is 5.95. The highest BCUT2D eigenvalue weighted by atomic mass is 79.9. The Hall–Kier alpha value is -0.580. The lowest BCUT2D eigenvalue weighted by atomic mass is 10.1. The van der Waals surface area contributed by atoms with Crippen LogP contribution in [-0.4, -0.2) is 32.1 Å². The summed E-state index contributed by atoms with van der Waals surface area (Å²) in [5.41, 5.74) is 6.95. The van der Waals surface area contributed by atoms with Gasteiger partial charge in [0.15, 0.2) is 0 Å². The number of nitrogens with two attached hydrogens (primary N) is 1. The Bertz CT molecular complexity index is 353. The Balaban J connectivity index is 2.47. The maximum absolute atomic E-state index is 5.84. The topological polar surface area (TPSA) is 38.5 Å². The molecule has 17 heavy (non-hydrogen) atoms. The van der Waals surface area contributed by atoms with E-state index in [9.17, 15) is 0 Å². The van der Waals surface area contributed by atoms with Crippen LogP contribution in [0.5, 0.6) is 5.75 Å². The maximum atomic E-state index is 5.84. The van der Waals surface area contributed by atoms with Gasteiger partial charge in [0.05, 0.1) is 6.61 Å². The van der Waals surface area contributed by atoms with Gasteiger partial charge in [0.25, 0.3) is 0 Å². The van der Waals surface area contributed by atoms with Crippen molar-refractivity contribution < 1.29 is 4.74 Å². The highest BCUT2D eigenvalue weighted by Gasteiger charge is 2.06. The molecular formula is C13H21BrN2O. The average Bonchev–Trinajstić information content (AvgIpc) is 2.23. The summed E-state index contributed by atoms with van der Waals surface area (Å²) >= 11 is 3.51. The summed E-state index contributed by atoms with van der Waals surface area (Å²) in [5, 5.41) is 0. The van der Waals surface area contributed by atoms with E-state index in [-0.39, 0.29) is 6.04 Å². The molecule has 0 aliphatic carbocycles. The minimum Gasteiger partial charge on any atom is -0.494 e. The summed E-state index contributed by atoms with van der Waals surface area (Å²) in [6.45, 7) is 3.75. The molecule has 0 radical (unpaired) electrons. The molecule has 1 aromatic carbocycles. The quantitative estimate of drug-likeness (QED) is 0.821. The van der Waals surface area contributed by atoms with E-state index in [2.05, 4.69) is 34.9 Å². The monoisotopic (exact) mass is 300 g/mol. The second-order valence-corrected chi connectivity index (χ2v) is 5.33. The lowest BCUT2D eigenvalue weighted by molar-refractivity contribution is 0.281. The van der Waals surface area contributed by atoms with Crippen molar-refractivity contribution >= 4 is 15.9 Å². The number of benzene rings is 1. The molecule has 0 bridgehead atoms. The minimum atomic E-state index is 0.0344. The summed E-state index contributed by atoms with van der Waals surface area (Å²) in [4.78, 5) is 2.15. The van der Waals surface area contributed by atoms with Crippen LogP contribution in [-0.2, 0) is 0 Å². The predicted molar refractivity (Wildman–Crippen MR) is 75.4 cm³/mol. The summed E-state index contributed by atoms with van der Waals surface area (Å²) in [6, 6.07) is 6.00. The first-order valence-corrected chi connectivity index (χ1v) is 6.62. The molecule has 0 saturated carbocycles. The second kappa shape index (κ2) is 6.99. The van der Waals surface area contributed by atoms with Gasteiger partial charge < -0.3 is 15.4 Å². The maximum Gasteiger partial charge on any atom is 0.120 e. The molecular weight excluding hydrogens is 280 g/mol. The van der Waals surface area contributed by atoms with Gasteiger partial charge >= 0.3 is 0 Å². The lowest BCUT2D eigenvalue weighted by Gasteiger charge is -2.12. The third kappa shape index (κ3) is 5.06. The van der Waals surface area contributed by atoms with Crippen molar-refractivity contribution in [3.8, 4) is 5.75 Å². The molecule has 4 heteroatoms. The lowest BCUT2D eigenvalue weighted by Crippen LogP contribution is -2.15.